The maximum absolute atomic E-state index is 4.57. The van der Waals surface area contributed by atoms with Gasteiger partial charge in [-0.1, -0.05) is 31.2 Å². The number of thiol groups is 1. The van der Waals surface area contributed by atoms with Crippen molar-refractivity contribution in [3.63, 3.8) is 0 Å². The van der Waals surface area contributed by atoms with E-state index in [1.165, 1.54) is 11.1 Å². The average Bonchev–Trinajstić information content (AvgIpc) is 2.03. The highest BCUT2D eigenvalue weighted by molar-refractivity contribution is 7.81. The van der Waals surface area contributed by atoms with Crippen molar-refractivity contribution < 1.29 is 0 Å². The van der Waals surface area contributed by atoms with E-state index in [1.54, 1.807) is 0 Å². The minimum absolute atomic E-state index is 0.0212. The Kier molecular flexibility index (Phi) is 2.84. The third-order valence-corrected chi connectivity index (χ3v) is 2.30. The fourth-order valence-corrected chi connectivity index (χ4v) is 1.64. The van der Waals surface area contributed by atoms with Crippen LogP contribution in [0.5, 0.6) is 0 Å². The minimum Gasteiger partial charge on any atom is -0.168 e. The van der Waals surface area contributed by atoms with E-state index in [2.05, 4.69) is 57.7 Å². The molecular weight excluding hydrogens is 164 g/mol. The molecule has 0 nitrogen and oxygen atoms in total. The molecule has 1 rings (SSSR count). The van der Waals surface area contributed by atoms with Gasteiger partial charge in [-0.25, -0.2) is 0 Å². The molecule has 0 aromatic heterocycles. The number of benzene rings is 1. The Hall–Kier alpha value is -0.430. The van der Waals surface area contributed by atoms with Gasteiger partial charge in [-0.3, -0.25) is 0 Å². The number of hydrogen-bond donors (Lipinski definition) is 1. The van der Waals surface area contributed by atoms with Crippen molar-refractivity contribution in [1.82, 2.24) is 0 Å². The van der Waals surface area contributed by atoms with Crippen LogP contribution in [0.3, 0.4) is 0 Å². The molecule has 0 saturated carbocycles. The van der Waals surface area contributed by atoms with Crippen LogP contribution in [-0.4, -0.2) is 0 Å². The van der Waals surface area contributed by atoms with Gasteiger partial charge >= 0.3 is 0 Å². The predicted molar refractivity (Wildman–Crippen MR) is 57.8 cm³/mol. The molecule has 0 spiro atoms. The topological polar surface area (TPSA) is 0 Å². The van der Waals surface area contributed by atoms with E-state index in [0.29, 0.717) is 0 Å². The van der Waals surface area contributed by atoms with E-state index in [-0.39, 0.29) is 4.75 Å². The van der Waals surface area contributed by atoms with E-state index >= 15 is 0 Å². The first-order chi connectivity index (χ1) is 5.55. The van der Waals surface area contributed by atoms with Crippen LogP contribution >= 0.6 is 12.6 Å². The molecule has 0 heterocycles. The van der Waals surface area contributed by atoms with Gasteiger partial charge in [0.2, 0.25) is 0 Å². The molecular formula is C11H16S. The summed E-state index contributed by atoms with van der Waals surface area (Å²) in [5.74, 6) is 0. The number of aryl methyl sites for hydroxylation is 1. The molecule has 0 unspecified atom stereocenters. The Morgan fingerprint density at radius 3 is 2.25 bits per heavy atom. The molecule has 0 aliphatic heterocycles. The van der Waals surface area contributed by atoms with Crippen LogP contribution < -0.4 is 0 Å². The highest BCUT2D eigenvalue weighted by Crippen LogP contribution is 2.29. The maximum Gasteiger partial charge on any atom is 0.0324 e. The van der Waals surface area contributed by atoms with Gasteiger partial charge in [0.15, 0.2) is 0 Å². The van der Waals surface area contributed by atoms with E-state index < -0.39 is 0 Å². The van der Waals surface area contributed by atoms with Crippen LogP contribution in [0.1, 0.15) is 31.9 Å². The number of hydrogen-bond acceptors (Lipinski definition) is 1. The summed E-state index contributed by atoms with van der Waals surface area (Å²) in [5, 5.41) is 0. The smallest absolute Gasteiger partial charge is 0.0324 e. The van der Waals surface area contributed by atoms with Crippen LogP contribution in [0.15, 0.2) is 24.3 Å². The summed E-state index contributed by atoms with van der Waals surface area (Å²) in [5.41, 5.74) is 2.74. The fraction of sp³-hybridized carbons (Fsp3) is 0.455. The normalized spacial score (nSPS) is 11.7. The average molecular weight is 180 g/mol. The van der Waals surface area contributed by atoms with Crippen molar-refractivity contribution in [3.05, 3.63) is 35.4 Å². The van der Waals surface area contributed by atoms with E-state index in [1.807, 2.05) is 0 Å². The first kappa shape index (κ1) is 9.66. The van der Waals surface area contributed by atoms with E-state index in [4.69, 9.17) is 0 Å². The summed E-state index contributed by atoms with van der Waals surface area (Å²) in [4.78, 5) is 0. The van der Waals surface area contributed by atoms with Gasteiger partial charge in [0.05, 0.1) is 0 Å². The molecule has 0 saturated heterocycles. The molecule has 66 valence electrons. The Labute approximate surface area is 80.4 Å². The van der Waals surface area contributed by atoms with Gasteiger partial charge < -0.3 is 0 Å². The van der Waals surface area contributed by atoms with Crippen LogP contribution in [0, 0.1) is 0 Å². The summed E-state index contributed by atoms with van der Waals surface area (Å²) in [6.45, 7) is 6.44. The second-order valence-corrected chi connectivity index (χ2v) is 4.69. The van der Waals surface area contributed by atoms with Crippen molar-refractivity contribution in [3.8, 4) is 0 Å². The largest absolute Gasteiger partial charge is 0.168 e. The lowest BCUT2D eigenvalue weighted by Crippen LogP contribution is -2.10. The van der Waals surface area contributed by atoms with E-state index in [0.717, 1.165) is 6.42 Å². The summed E-state index contributed by atoms with van der Waals surface area (Å²) in [6.07, 6.45) is 1.08. The molecule has 0 amide bonds. The molecule has 0 aliphatic rings. The van der Waals surface area contributed by atoms with Crippen LogP contribution in [0.25, 0.3) is 0 Å². The van der Waals surface area contributed by atoms with Gasteiger partial charge in [-0.2, -0.15) is 12.6 Å². The van der Waals surface area contributed by atoms with Crippen LogP contribution in [0.2, 0.25) is 0 Å². The molecule has 0 aliphatic carbocycles. The molecule has 0 bridgehead atoms. The lowest BCUT2D eigenvalue weighted by atomic mass is 9.95. The van der Waals surface area contributed by atoms with Crippen molar-refractivity contribution in [2.45, 2.75) is 31.9 Å². The third-order valence-electron chi connectivity index (χ3n) is 2.06. The second-order valence-electron chi connectivity index (χ2n) is 3.57. The Bertz CT molecular complexity index is 258. The minimum atomic E-state index is -0.0212. The summed E-state index contributed by atoms with van der Waals surface area (Å²) in [7, 11) is 0. The Balaban J connectivity index is 3.14. The standard InChI is InChI=1S/C11H16S/c1-4-9-7-5-6-8-10(9)11(2,3)12/h5-8,12H,4H2,1-3H3. The molecule has 12 heavy (non-hydrogen) atoms. The lowest BCUT2D eigenvalue weighted by molar-refractivity contribution is 0.775. The van der Waals surface area contributed by atoms with Crippen LogP contribution in [0.4, 0.5) is 0 Å². The summed E-state index contributed by atoms with van der Waals surface area (Å²) >= 11 is 4.57. The van der Waals surface area contributed by atoms with Crippen molar-refractivity contribution >= 4 is 12.6 Å². The summed E-state index contributed by atoms with van der Waals surface area (Å²) in [6, 6.07) is 8.49. The SMILES string of the molecule is CCc1ccccc1C(C)(C)S. The molecule has 1 aromatic rings. The molecule has 0 radical (unpaired) electrons. The number of rotatable bonds is 2. The fourth-order valence-electron chi connectivity index (χ4n) is 1.43. The monoisotopic (exact) mass is 180 g/mol. The molecule has 1 aromatic carbocycles. The van der Waals surface area contributed by atoms with Gasteiger partial charge in [0.1, 0.15) is 0 Å². The van der Waals surface area contributed by atoms with Crippen molar-refractivity contribution in [1.29, 1.82) is 0 Å². The zero-order valence-electron chi connectivity index (χ0n) is 7.96. The van der Waals surface area contributed by atoms with Gasteiger partial charge in [0.25, 0.3) is 0 Å². The maximum atomic E-state index is 4.57. The molecule has 0 fully saturated rings. The molecule has 1 heteroatoms. The quantitative estimate of drug-likeness (QED) is 0.662. The van der Waals surface area contributed by atoms with Gasteiger partial charge in [-0.05, 0) is 31.4 Å². The zero-order chi connectivity index (χ0) is 9.19. The highest BCUT2D eigenvalue weighted by Gasteiger charge is 2.16. The Morgan fingerprint density at radius 1 is 1.25 bits per heavy atom. The van der Waals surface area contributed by atoms with Gasteiger partial charge in [0, 0.05) is 4.75 Å². The molecule has 0 N–H and O–H groups in total. The zero-order valence-corrected chi connectivity index (χ0v) is 8.86. The van der Waals surface area contributed by atoms with Crippen molar-refractivity contribution in [2.75, 3.05) is 0 Å². The van der Waals surface area contributed by atoms with Crippen molar-refractivity contribution in [2.24, 2.45) is 0 Å². The lowest BCUT2D eigenvalue weighted by Gasteiger charge is -2.21. The van der Waals surface area contributed by atoms with Gasteiger partial charge in [-0.15, -0.1) is 0 Å². The molecule has 0 atom stereocenters. The van der Waals surface area contributed by atoms with E-state index in [9.17, 15) is 0 Å². The first-order valence-corrected chi connectivity index (χ1v) is 4.81. The Morgan fingerprint density at radius 2 is 1.83 bits per heavy atom. The predicted octanol–water partition coefficient (Wildman–Crippen LogP) is 3.41. The third kappa shape index (κ3) is 2.04. The second kappa shape index (κ2) is 3.53. The summed E-state index contributed by atoms with van der Waals surface area (Å²) < 4.78 is -0.0212. The highest BCUT2D eigenvalue weighted by atomic mass is 32.1. The first-order valence-electron chi connectivity index (χ1n) is 4.36. The van der Waals surface area contributed by atoms with Crippen LogP contribution in [-0.2, 0) is 11.2 Å².